The highest BCUT2D eigenvalue weighted by molar-refractivity contribution is 6.36. The molecule has 11 heteroatoms. The molecule has 1 amide bonds. The molecule has 7 rings (SSSR count). The molecule has 0 spiro atoms. The Morgan fingerprint density at radius 1 is 0.942 bits per heavy atom. The lowest BCUT2D eigenvalue weighted by Crippen LogP contribution is -2.35. The van der Waals surface area contributed by atoms with Crippen LogP contribution in [0.5, 0.6) is 5.75 Å². The van der Waals surface area contributed by atoms with E-state index < -0.39 is 5.97 Å². The topological polar surface area (TPSA) is 118 Å². The van der Waals surface area contributed by atoms with Crippen molar-refractivity contribution in [1.29, 1.82) is 0 Å². The third-order valence-electron chi connectivity index (χ3n) is 10.5. The molecule has 270 valence electrons. The van der Waals surface area contributed by atoms with Gasteiger partial charge in [-0.15, -0.1) is 0 Å². The van der Waals surface area contributed by atoms with E-state index >= 15 is 0 Å². The summed E-state index contributed by atoms with van der Waals surface area (Å²) in [5.41, 5.74) is 7.90. The molecule has 9 nitrogen and oxygen atoms in total. The predicted molar refractivity (Wildman–Crippen MR) is 206 cm³/mol. The van der Waals surface area contributed by atoms with Crippen LogP contribution in [0.15, 0.2) is 79.0 Å². The summed E-state index contributed by atoms with van der Waals surface area (Å²) in [5.74, 6) is -0.0585. The molecule has 52 heavy (non-hydrogen) atoms. The molecule has 0 unspecified atom stereocenters. The smallest absolute Gasteiger partial charge is 0.306 e. The summed E-state index contributed by atoms with van der Waals surface area (Å²) in [4.78, 5) is 22.8. The first-order valence-electron chi connectivity index (χ1n) is 17.9. The van der Waals surface area contributed by atoms with Gasteiger partial charge >= 0.3 is 5.97 Å². The zero-order valence-corrected chi connectivity index (χ0v) is 30.6. The molecular formula is C41H43Cl2N5O4. The molecule has 1 aliphatic carbocycles. The van der Waals surface area contributed by atoms with Crippen molar-refractivity contribution in [2.75, 3.05) is 13.7 Å². The van der Waals surface area contributed by atoms with Crippen LogP contribution in [-0.4, -0.2) is 52.5 Å². The number of carboxylic acids is 1. The number of halogens is 2. The number of hydrogen-bond acceptors (Lipinski definition) is 6. The first-order valence-corrected chi connectivity index (χ1v) is 18.7. The predicted octanol–water partition coefficient (Wildman–Crippen LogP) is 7.84. The number of carbonyl (C=O) groups excluding carboxylic acids is 1. The van der Waals surface area contributed by atoms with Crippen LogP contribution in [0.3, 0.4) is 0 Å². The Labute approximate surface area is 313 Å². The van der Waals surface area contributed by atoms with Gasteiger partial charge in [-0.3, -0.25) is 14.3 Å². The molecule has 1 aliphatic heterocycles. The van der Waals surface area contributed by atoms with Gasteiger partial charge in [-0.25, -0.2) is 0 Å². The van der Waals surface area contributed by atoms with Gasteiger partial charge < -0.3 is 25.8 Å². The number of nitrogens with one attached hydrogen (secondary N) is 3. The van der Waals surface area contributed by atoms with Gasteiger partial charge in [0.05, 0.1) is 36.3 Å². The van der Waals surface area contributed by atoms with E-state index in [1.165, 1.54) is 5.56 Å². The third-order valence-corrected chi connectivity index (χ3v) is 11.2. The fraction of sp³-hybridized carbons (Fsp3) is 0.341. The van der Waals surface area contributed by atoms with E-state index in [9.17, 15) is 14.7 Å². The lowest BCUT2D eigenvalue weighted by atomic mass is 9.86. The fourth-order valence-corrected chi connectivity index (χ4v) is 8.08. The van der Waals surface area contributed by atoms with Gasteiger partial charge in [-0.2, -0.15) is 5.10 Å². The van der Waals surface area contributed by atoms with E-state index in [4.69, 9.17) is 33.0 Å². The Kier molecular flexibility index (Phi) is 11.1. The van der Waals surface area contributed by atoms with Gasteiger partial charge in [-0.05, 0) is 72.6 Å². The van der Waals surface area contributed by atoms with Crippen LogP contribution in [0.4, 0.5) is 0 Å². The average molecular weight is 741 g/mol. The first kappa shape index (κ1) is 36.0. The van der Waals surface area contributed by atoms with Gasteiger partial charge in [0, 0.05) is 65.2 Å². The van der Waals surface area contributed by atoms with E-state index in [-0.39, 0.29) is 23.9 Å². The number of rotatable bonds is 13. The van der Waals surface area contributed by atoms with Crippen LogP contribution in [0.2, 0.25) is 10.0 Å². The maximum absolute atomic E-state index is 11.5. The summed E-state index contributed by atoms with van der Waals surface area (Å²) in [6, 6.07) is 25.1. The summed E-state index contributed by atoms with van der Waals surface area (Å²) in [6.45, 7) is 2.53. The van der Waals surface area contributed by atoms with E-state index in [0.29, 0.717) is 42.4 Å². The molecule has 4 aromatic carbocycles. The Hall–Kier alpha value is -4.41. The van der Waals surface area contributed by atoms with Crippen molar-refractivity contribution in [3.05, 3.63) is 106 Å². The van der Waals surface area contributed by atoms with Crippen molar-refractivity contribution in [2.45, 2.75) is 70.2 Å². The number of amides is 1. The quantitative estimate of drug-likeness (QED) is 0.0973. The van der Waals surface area contributed by atoms with Crippen molar-refractivity contribution < 1.29 is 19.4 Å². The summed E-state index contributed by atoms with van der Waals surface area (Å²) in [6.07, 6.45) is 6.44. The number of fused-ring (bicyclic) bond motifs is 1. The average Bonchev–Trinajstić information content (AvgIpc) is 3.77. The molecule has 1 aromatic heterocycles. The van der Waals surface area contributed by atoms with Gasteiger partial charge in [0.25, 0.3) is 0 Å². The van der Waals surface area contributed by atoms with Gasteiger partial charge in [0.1, 0.15) is 5.75 Å². The fourth-order valence-electron chi connectivity index (χ4n) is 7.50. The highest BCUT2D eigenvalue weighted by Gasteiger charge is 2.26. The number of carboxylic acid groups (broad SMARTS) is 1. The normalized spacial score (nSPS) is 18.8. The maximum Gasteiger partial charge on any atom is 0.306 e. The molecule has 2 fully saturated rings. The Morgan fingerprint density at radius 3 is 2.42 bits per heavy atom. The summed E-state index contributed by atoms with van der Waals surface area (Å²) < 4.78 is 7.73. The third kappa shape index (κ3) is 7.98. The zero-order chi connectivity index (χ0) is 36.2. The minimum absolute atomic E-state index is 0.133. The van der Waals surface area contributed by atoms with E-state index in [1.54, 1.807) is 7.11 Å². The lowest BCUT2D eigenvalue weighted by Gasteiger charge is -2.27. The number of nitrogens with zero attached hydrogens (tertiary/aromatic N) is 2. The molecule has 0 bridgehead atoms. The van der Waals surface area contributed by atoms with Crippen LogP contribution in [-0.2, 0) is 29.2 Å². The van der Waals surface area contributed by atoms with Crippen molar-refractivity contribution in [1.82, 2.24) is 25.7 Å². The standard InChI is InChI=1S/C41H43Cl2N5O4/c1-52-38-19-29(36(42)18-28(38)21-45-30-14-12-27(13-15-30)41(50)51)24-48-37-7-3-5-33(35(37)23-46-48)34-6-2-4-32(40(34)43)26-10-8-25(9-11-26)20-44-22-31-16-17-39(49)47-31/h2-11,18-19,23,27,30-31,44-45H,12-17,20-22,24H2,1H3,(H,47,49)(H,50,51)/t27?,30?,31-/m0/s1. The van der Waals surface area contributed by atoms with Crippen LogP contribution < -0.4 is 20.7 Å². The highest BCUT2D eigenvalue weighted by atomic mass is 35.5. The Balaban J connectivity index is 1.05. The minimum atomic E-state index is -0.696. The number of aliphatic carboxylic acids is 1. The second-order valence-electron chi connectivity index (χ2n) is 13.9. The number of methoxy groups -OCH3 is 1. The van der Waals surface area contributed by atoms with Crippen LogP contribution in [0.1, 0.15) is 55.2 Å². The molecule has 1 saturated carbocycles. The summed E-state index contributed by atoms with van der Waals surface area (Å²) in [7, 11) is 1.66. The molecule has 1 saturated heterocycles. The van der Waals surface area contributed by atoms with Crippen molar-refractivity contribution in [3.8, 4) is 28.0 Å². The zero-order valence-electron chi connectivity index (χ0n) is 29.1. The monoisotopic (exact) mass is 739 g/mol. The Morgan fingerprint density at radius 2 is 1.69 bits per heavy atom. The number of aromatic nitrogens is 2. The first-order chi connectivity index (χ1) is 25.3. The number of benzene rings is 4. The Bertz CT molecular complexity index is 2070. The highest BCUT2D eigenvalue weighted by Crippen LogP contribution is 2.39. The molecule has 0 radical (unpaired) electrons. The van der Waals surface area contributed by atoms with Crippen LogP contribution >= 0.6 is 23.2 Å². The molecular weight excluding hydrogens is 697 g/mol. The maximum atomic E-state index is 11.5. The van der Waals surface area contributed by atoms with Gasteiger partial charge in [-0.1, -0.05) is 77.8 Å². The molecule has 2 aliphatic rings. The minimum Gasteiger partial charge on any atom is -0.496 e. The van der Waals surface area contributed by atoms with Crippen LogP contribution in [0, 0.1) is 5.92 Å². The van der Waals surface area contributed by atoms with Crippen molar-refractivity contribution in [3.63, 3.8) is 0 Å². The van der Waals surface area contributed by atoms with Crippen molar-refractivity contribution >= 4 is 46.0 Å². The molecule has 4 N–H and O–H groups in total. The van der Waals surface area contributed by atoms with Gasteiger partial charge in [0.15, 0.2) is 0 Å². The van der Waals surface area contributed by atoms with Gasteiger partial charge in [0.2, 0.25) is 5.91 Å². The molecule has 2 heterocycles. The van der Waals surface area contributed by atoms with E-state index in [2.05, 4.69) is 52.3 Å². The lowest BCUT2D eigenvalue weighted by molar-refractivity contribution is -0.142. The van der Waals surface area contributed by atoms with Crippen LogP contribution in [0.25, 0.3) is 33.2 Å². The number of hydrogen-bond donors (Lipinski definition) is 4. The second kappa shape index (κ2) is 16.1. The molecule has 1 atom stereocenters. The number of ether oxygens (including phenoxy) is 1. The SMILES string of the molecule is COc1cc(Cn2ncc3c(-c4cccc(-c5ccc(CNC[C@@H]6CCC(=O)N6)cc5)c4Cl)cccc32)c(Cl)cc1CNC1CCC(C(=O)O)CC1. The van der Waals surface area contributed by atoms with Crippen molar-refractivity contribution in [2.24, 2.45) is 5.92 Å². The number of carbonyl (C=O) groups is 2. The van der Waals surface area contributed by atoms with E-state index in [1.807, 2.05) is 47.3 Å². The largest absolute Gasteiger partial charge is 0.496 e. The summed E-state index contributed by atoms with van der Waals surface area (Å²) in [5, 5.41) is 26.4. The molecule has 5 aromatic rings. The summed E-state index contributed by atoms with van der Waals surface area (Å²) >= 11 is 14.0. The second-order valence-corrected chi connectivity index (χ2v) is 14.6. The van der Waals surface area contributed by atoms with E-state index in [0.717, 1.165) is 82.4 Å².